The summed E-state index contributed by atoms with van der Waals surface area (Å²) in [4.78, 5) is 4.94. The number of nitrogens with one attached hydrogen (secondary N) is 1. The van der Waals surface area contributed by atoms with Crippen molar-refractivity contribution < 1.29 is 0 Å². The van der Waals surface area contributed by atoms with Gasteiger partial charge in [-0.05, 0) is 50.0 Å². The Balaban J connectivity index is 2.14. The molecular weight excluding hydrogens is 276 g/mol. The lowest BCUT2D eigenvalue weighted by atomic mass is 9.65. The highest BCUT2D eigenvalue weighted by Gasteiger charge is 2.41. The van der Waals surface area contributed by atoms with Crippen LogP contribution in [0.1, 0.15) is 83.3 Å². The average Bonchev–Trinajstić information content (AvgIpc) is 2.98. The lowest BCUT2D eigenvalue weighted by Gasteiger charge is -2.44. The molecule has 0 radical (unpaired) electrons. The van der Waals surface area contributed by atoms with E-state index in [1.807, 2.05) is 11.3 Å². The van der Waals surface area contributed by atoms with E-state index in [0.29, 0.717) is 11.3 Å². The topological polar surface area (TPSA) is 24.9 Å². The number of rotatable bonds is 5. The van der Waals surface area contributed by atoms with Gasteiger partial charge in [0.1, 0.15) is 5.01 Å². The molecule has 1 aliphatic rings. The van der Waals surface area contributed by atoms with Crippen LogP contribution in [0.5, 0.6) is 0 Å². The molecule has 0 amide bonds. The third-order valence-electron chi connectivity index (χ3n) is 5.86. The van der Waals surface area contributed by atoms with Crippen molar-refractivity contribution in [3.05, 3.63) is 16.1 Å². The molecule has 3 heteroatoms. The van der Waals surface area contributed by atoms with E-state index in [9.17, 15) is 0 Å². The van der Waals surface area contributed by atoms with E-state index in [0.717, 1.165) is 5.92 Å². The van der Waals surface area contributed by atoms with Crippen LogP contribution in [0, 0.1) is 11.3 Å². The van der Waals surface area contributed by atoms with Gasteiger partial charge in [-0.15, -0.1) is 11.3 Å². The van der Waals surface area contributed by atoms with E-state index < -0.39 is 0 Å². The minimum absolute atomic E-state index is 0.123. The van der Waals surface area contributed by atoms with Gasteiger partial charge in [-0.25, -0.2) is 4.98 Å². The number of hydrogen-bond donors (Lipinski definition) is 1. The summed E-state index contributed by atoms with van der Waals surface area (Å²) < 4.78 is 0. The molecule has 1 aliphatic carbocycles. The van der Waals surface area contributed by atoms with E-state index in [2.05, 4.69) is 52.4 Å². The summed E-state index contributed by atoms with van der Waals surface area (Å²) in [5.74, 6) is 1.38. The van der Waals surface area contributed by atoms with Crippen LogP contribution >= 0.6 is 11.3 Å². The molecule has 0 bridgehead atoms. The summed E-state index contributed by atoms with van der Waals surface area (Å²) in [6, 6.07) is 0. The number of aromatic nitrogens is 1. The Bertz CT molecular complexity index is 454. The fourth-order valence-electron chi connectivity index (χ4n) is 3.52. The van der Waals surface area contributed by atoms with Gasteiger partial charge in [-0.2, -0.15) is 0 Å². The predicted octanol–water partition coefficient (Wildman–Crippen LogP) is 5.31. The zero-order valence-electron chi connectivity index (χ0n) is 14.6. The van der Waals surface area contributed by atoms with E-state index in [-0.39, 0.29) is 5.54 Å². The van der Waals surface area contributed by atoms with E-state index >= 15 is 0 Å². The summed E-state index contributed by atoms with van der Waals surface area (Å²) in [7, 11) is 2.11. The minimum atomic E-state index is 0.123. The molecule has 2 nitrogen and oxygen atoms in total. The van der Waals surface area contributed by atoms with Crippen LogP contribution in [0.2, 0.25) is 0 Å². The average molecular weight is 309 g/mol. The van der Waals surface area contributed by atoms with Gasteiger partial charge in [0.2, 0.25) is 0 Å². The standard InChI is InChI=1S/C18H32N2S/c1-7-17(4,5)14-8-10-18(19-6,11-9-14)16-20-15(12-21-16)13(2)3/h12-14,19H,7-11H2,1-6H3. The van der Waals surface area contributed by atoms with Gasteiger partial charge < -0.3 is 5.32 Å². The molecule has 120 valence electrons. The SMILES string of the molecule is CCC(C)(C)C1CCC(NC)(c2nc(C(C)C)cs2)CC1. The molecule has 0 unspecified atom stereocenters. The minimum Gasteiger partial charge on any atom is -0.308 e. The first-order valence-electron chi connectivity index (χ1n) is 8.49. The highest BCUT2D eigenvalue weighted by molar-refractivity contribution is 7.09. The summed E-state index contributed by atoms with van der Waals surface area (Å²) in [5.41, 5.74) is 1.85. The molecule has 1 N–H and O–H groups in total. The highest BCUT2D eigenvalue weighted by atomic mass is 32.1. The molecular formula is C18H32N2S. The molecule has 1 aromatic heterocycles. The Morgan fingerprint density at radius 3 is 2.43 bits per heavy atom. The first kappa shape index (κ1) is 17.0. The summed E-state index contributed by atoms with van der Waals surface area (Å²) in [6.45, 7) is 11.7. The Morgan fingerprint density at radius 1 is 1.38 bits per heavy atom. The van der Waals surface area contributed by atoms with Crippen molar-refractivity contribution in [1.29, 1.82) is 0 Å². The fourth-order valence-corrected chi connectivity index (χ4v) is 4.77. The van der Waals surface area contributed by atoms with Crippen LogP contribution in [-0.4, -0.2) is 12.0 Å². The molecule has 1 fully saturated rings. The van der Waals surface area contributed by atoms with Crippen molar-refractivity contribution in [1.82, 2.24) is 10.3 Å². The van der Waals surface area contributed by atoms with Crippen LogP contribution in [0.3, 0.4) is 0 Å². The lowest BCUT2D eigenvalue weighted by Crippen LogP contribution is -2.45. The second-order valence-electron chi connectivity index (χ2n) is 7.68. The zero-order chi connectivity index (χ0) is 15.7. The van der Waals surface area contributed by atoms with E-state index in [1.54, 1.807) is 0 Å². The van der Waals surface area contributed by atoms with Crippen molar-refractivity contribution in [2.75, 3.05) is 7.05 Å². The molecule has 1 saturated carbocycles. The molecule has 21 heavy (non-hydrogen) atoms. The van der Waals surface area contributed by atoms with Crippen molar-refractivity contribution >= 4 is 11.3 Å². The molecule has 1 aromatic rings. The number of nitrogens with zero attached hydrogens (tertiary/aromatic N) is 1. The maximum absolute atomic E-state index is 4.94. The summed E-state index contributed by atoms with van der Waals surface area (Å²) >= 11 is 1.85. The molecule has 1 heterocycles. The van der Waals surface area contributed by atoms with Crippen LogP contribution in [0.4, 0.5) is 0 Å². The van der Waals surface area contributed by atoms with Crippen molar-refractivity contribution in [2.45, 2.75) is 78.2 Å². The fraction of sp³-hybridized carbons (Fsp3) is 0.833. The monoisotopic (exact) mass is 308 g/mol. The van der Waals surface area contributed by atoms with Crippen molar-refractivity contribution in [3.63, 3.8) is 0 Å². The quantitative estimate of drug-likeness (QED) is 0.797. The molecule has 0 saturated heterocycles. The third kappa shape index (κ3) is 3.34. The van der Waals surface area contributed by atoms with Crippen LogP contribution in [-0.2, 0) is 5.54 Å². The van der Waals surface area contributed by atoms with Gasteiger partial charge in [-0.1, -0.05) is 41.0 Å². The molecule has 0 aliphatic heterocycles. The van der Waals surface area contributed by atoms with Gasteiger partial charge in [0.15, 0.2) is 0 Å². The Kier molecular flexibility index (Phi) is 5.15. The predicted molar refractivity (Wildman–Crippen MR) is 93.0 cm³/mol. The maximum atomic E-state index is 4.94. The molecule has 0 aromatic carbocycles. The van der Waals surface area contributed by atoms with Crippen molar-refractivity contribution in [2.24, 2.45) is 11.3 Å². The van der Waals surface area contributed by atoms with Crippen LogP contribution in [0.25, 0.3) is 0 Å². The molecule has 0 atom stereocenters. The summed E-state index contributed by atoms with van der Waals surface area (Å²) in [6.07, 6.45) is 6.36. The second-order valence-corrected chi connectivity index (χ2v) is 8.54. The normalized spacial score (nSPS) is 27.3. The third-order valence-corrected chi connectivity index (χ3v) is 6.92. The van der Waals surface area contributed by atoms with Gasteiger partial charge >= 0.3 is 0 Å². The smallest absolute Gasteiger partial charge is 0.113 e. The first-order valence-corrected chi connectivity index (χ1v) is 9.37. The van der Waals surface area contributed by atoms with Crippen LogP contribution in [0.15, 0.2) is 5.38 Å². The number of thiazole rings is 1. The Labute approximate surface area is 134 Å². The zero-order valence-corrected chi connectivity index (χ0v) is 15.4. The largest absolute Gasteiger partial charge is 0.308 e. The van der Waals surface area contributed by atoms with E-state index in [4.69, 9.17) is 4.98 Å². The highest BCUT2D eigenvalue weighted by Crippen LogP contribution is 2.47. The Hall–Kier alpha value is -0.410. The van der Waals surface area contributed by atoms with Gasteiger partial charge in [0.05, 0.1) is 11.2 Å². The van der Waals surface area contributed by atoms with Gasteiger partial charge in [-0.3, -0.25) is 0 Å². The number of hydrogen-bond acceptors (Lipinski definition) is 3. The Morgan fingerprint density at radius 2 is 2.00 bits per heavy atom. The maximum Gasteiger partial charge on any atom is 0.113 e. The van der Waals surface area contributed by atoms with Crippen molar-refractivity contribution in [3.8, 4) is 0 Å². The molecule has 0 spiro atoms. The van der Waals surface area contributed by atoms with Gasteiger partial charge in [0.25, 0.3) is 0 Å². The van der Waals surface area contributed by atoms with Crippen LogP contribution < -0.4 is 5.32 Å². The first-order chi connectivity index (χ1) is 9.84. The summed E-state index contributed by atoms with van der Waals surface area (Å²) in [5, 5.41) is 7.18. The lowest BCUT2D eigenvalue weighted by molar-refractivity contribution is 0.101. The molecule has 2 rings (SSSR count). The second kappa shape index (κ2) is 6.37. The van der Waals surface area contributed by atoms with E-state index in [1.165, 1.54) is 42.8 Å². The van der Waals surface area contributed by atoms with Gasteiger partial charge in [0, 0.05) is 5.38 Å².